The van der Waals surface area contributed by atoms with E-state index in [1.165, 1.54) is 4.88 Å². The van der Waals surface area contributed by atoms with Crippen molar-refractivity contribution in [2.75, 3.05) is 11.9 Å². The monoisotopic (exact) mass is 278 g/mol. The molecule has 2 heterocycles. The van der Waals surface area contributed by atoms with Crippen LogP contribution in [0.5, 0.6) is 5.88 Å². The molecule has 0 aliphatic carbocycles. The van der Waals surface area contributed by atoms with Gasteiger partial charge in [0.15, 0.2) is 0 Å². The van der Waals surface area contributed by atoms with Gasteiger partial charge < -0.3 is 10.1 Å². The van der Waals surface area contributed by atoms with Crippen LogP contribution in [0.1, 0.15) is 35.5 Å². The lowest BCUT2D eigenvalue weighted by atomic mass is 10.2. The van der Waals surface area contributed by atoms with Crippen LogP contribution in [-0.2, 0) is 0 Å². The number of aromatic nitrogens is 3. The summed E-state index contributed by atoms with van der Waals surface area (Å²) in [6.07, 6.45) is 1.69. The molecular weight excluding hydrogens is 260 g/mol. The fourth-order valence-corrected chi connectivity index (χ4v) is 2.78. The van der Waals surface area contributed by atoms with Crippen LogP contribution in [0.25, 0.3) is 0 Å². The molecule has 0 saturated carbocycles. The second-order valence-electron chi connectivity index (χ2n) is 4.20. The molecule has 0 saturated heterocycles. The molecule has 102 valence electrons. The van der Waals surface area contributed by atoms with Gasteiger partial charge in [-0.2, -0.15) is 4.98 Å². The largest absolute Gasteiger partial charge is 0.478 e. The number of anilines is 1. The molecule has 5 nitrogen and oxygen atoms in total. The van der Waals surface area contributed by atoms with Gasteiger partial charge in [-0.1, -0.05) is 0 Å². The van der Waals surface area contributed by atoms with Crippen LogP contribution in [0.4, 0.5) is 5.95 Å². The minimum Gasteiger partial charge on any atom is -0.478 e. The number of nitrogens with zero attached hydrogens (tertiary/aromatic N) is 3. The standard InChI is InChI=1S/C13H18N4OS/c1-5-18-11-6-7-14-13(17-11)16-9(3)12-8(2)15-10(4)19-12/h6-7,9H,5H2,1-4H3,(H,14,16,17). The van der Waals surface area contributed by atoms with Crippen LogP contribution in [0.2, 0.25) is 0 Å². The van der Waals surface area contributed by atoms with Crippen LogP contribution >= 0.6 is 11.3 Å². The van der Waals surface area contributed by atoms with Crippen LogP contribution in [0, 0.1) is 13.8 Å². The van der Waals surface area contributed by atoms with Crippen molar-refractivity contribution in [3.63, 3.8) is 0 Å². The number of rotatable bonds is 5. The van der Waals surface area contributed by atoms with Gasteiger partial charge >= 0.3 is 0 Å². The maximum atomic E-state index is 5.36. The Labute approximate surface area is 117 Å². The van der Waals surface area contributed by atoms with Gasteiger partial charge in [0, 0.05) is 17.1 Å². The third-order valence-electron chi connectivity index (χ3n) is 2.60. The third kappa shape index (κ3) is 3.41. The lowest BCUT2D eigenvalue weighted by molar-refractivity contribution is 0.326. The maximum Gasteiger partial charge on any atom is 0.226 e. The fourth-order valence-electron chi connectivity index (χ4n) is 1.85. The summed E-state index contributed by atoms with van der Waals surface area (Å²) in [5.74, 6) is 1.16. The summed E-state index contributed by atoms with van der Waals surface area (Å²) in [4.78, 5) is 14.2. The Balaban J connectivity index is 2.12. The van der Waals surface area contributed by atoms with E-state index in [9.17, 15) is 0 Å². The quantitative estimate of drug-likeness (QED) is 0.910. The summed E-state index contributed by atoms with van der Waals surface area (Å²) in [6.45, 7) is 8.64. The van der Waals surface area contributed by atoms with E-state index < -0.39 is 0 Å². The van der Waals surface area contributed by atoms with Crippen molar-refractivity contribution in [3.05, 3.63) is 27.8 Å². The average Bonchev–Trinajstić information content (AvgIpc) is 2.69. The first kappa shape index (κ1) is 13.7. The molecule has 0 spiro atoms. The zero-order valence-electron chi connectivity index (χ0n) is 11.6. The van der Waals surface area contributed by atoms with Gasteiger partial charge in [-0.25, -0.2) is 9.97 Å². The van der Waals surface area contributed by atoms with E-state index in [1.807, 2.05) is 20.8 Å². The molecule has 1 unspecified atom stereocenters. The molecule has 19 heavy (non-hydrogen) atoms. The van der Waals surface area contributed by atoms with Crippen molar-refractivity contribution in [1.82, 2.24) is 15.0 Å². The topological polar surface area (TPSA) is 59.9 Å². The molecular formula is C13H18N4OS. The minimum atomic E-state index is 0.128. The van der Waals surface area contributed by atoms with Gasteiger partial charge in [-0.05, 0) is 27.7 Å². The molecule has 0 bridgehead atoms. The molecule has 2 aromatic heterocycles. The Morgan fingerprint density at radius 2 is 2.16 bits per heavy atom. The predicted molar refractivity (Wildman–Crippen MR) is 76.8 cm³/mol. The Morgan fingerprint density at radius 3 is 2.79 bits per heavy atom. The molecule has 0 aliphatic rings. The first-order valence-electron chi connectivity index (χ1n) is 6.26. The van der Waals surface area contributed by atoms with Crippen LogP contribution in [0.15, 0.2) is 12.3 Å². The second kappa shape index (κ2) is 5.97. The highest BCUT2D eigenvalue weighted by Gasteiger charge is 2.14. The summed E-state index contributed by atoms with van der Waals surface area (Å²) in [5.41, 5.74) is 1.06. The molecule has 0 aliphatic heterocycles. The fraction of sp³-hybridized carbons (Fsp3) is 0.462. The van der Waals surface area contributed by atoms with Crippen LogP contribution in [0.3, 0.4) is 0 Å². The minimum absolute atomic E-state index is 0.128. The van der Waals surface area contributed by atoms with E-state index in [0.717, 1.165) is 10.7 Å². The van der Waals surface area contributed by atoms with E-state index in [2.05, 4.69) is 27.2 Å². The van der Waals surface area contributed by atoms with Crippen molar-refractivity contribution in [1.29, 1.82) is 0 Å². The van der Waals surface area contributed by atoms with Crippen molar-refractivity contribution >= 4 is 17.3 Å². The highest BCUT2D eigenvalue weighted by molar-refractivity contribution is 7.11. The number of ether oxygens (including phenoxy) is 1. The summed E-state index contributed by atoms with van der Waals surface area (Å²) < 4.78 is 5.36. The van der Waals surface area contributed by atoms with Crippen molar-refractivity contribution in [2.45, 2.75) is 33.7 Å². The summed E-state index contributed by atoms with van der Waals surface area (Å²) in [5, 5.41) is 4.35. The Bertz CT molecular complexity index is 555. The smallest absolute Gasteiger partial charge is 0.226 e. The molecule has 2 aromatic rings. The highest BCUT2D eigenvalue weighted by Crippen LogP contribution is 2.26. The molecule has 0 amide bonds. The van der Waals surface area contributed by atoms with E-state index >= 15 is 0 Å². The number of thiazole rings is 1. The van der Waals surface area contributed by atoms with E-state index in [4.69, 9.17) is 4.74 Å². The van der Waals surface area contributed by atoms with Crippen molar-refractivity contribution < 1.29 is 4.74 Å². The van der Waals surface area contributed by atoms with Gasteiger partial charge in [0.25, 0.3) is 0 Å². The zero-order valence-corrected chi connectivity index (χ0v) is 12.4. The first-order valence-corrected chi connectivity index (χ1v) is 7.08. The normalized spacial score (nSPS) is 12.2. The third-order valence-corrected chi connectivity index (χ3v) is 3.86. The lowest BCUT2D eigenvalue weighted by Crippen LogP contribution is -2.09. The number of aryl methyl sites for hydroxylation is 2. The molecule has 0 aromatic carbocycles. The Kier molecular flexibility index (Phi) is 4.31. The zero-order chi connectivity index (χ0) is 13.8. The first-order chi connectivity index (χ1) is 9.10. The molecule has 1 atom stereocenters. The van der Waals surface area contributed by atoms with E-state index in [-0.39, 0.29) is 6.04 Å². The predicted octanol–water partition coefficient (Wildman–Crippen LogP) is 3.12. The molecule has 1 N–H and O–H groups in total. The highest BCUT2D eigenvalue weighted by atomic mass is 32.1. The van der Waals surface area contributed by atoms with E-state index in [1.54, 1.807) is 23.6 Å². The van der Waals surface area contributed by atoms with Gasteiger partial charge in [0.05, 0.1) is 23.4 Å². The Morgan fingerprint density at radius 1 is 1.37 bits per heavy atom. The Hall–Kier alpha value is -1.69. The average molecular weight is 278 g/mol. The van der Waals surface area contributed by atoms with Gasteiger partial charge in [0.1, 0.15) is 0 Å². The van der Waals surface area contributed by atoms with Crippen LogP contribution in [-0.4, -0.2) is 21.6 Å². The SMILES string of the molecule is CCOc1ccnc(NC(C)c2sc(C)nc2C)n1. The lowest BCUT2D eigenvalue weighted by Gasteiger charge is -2.13. The molecule has 6 heteroatoms. The van der Waals surface area contributed by atoms with Gasteiger partial charge in [-0.15, -0.1) is 11.3 Å². The number of hydrogen-bond acceptors (Lipinski definition) is 6. The second-order valence-corrected chi connectivity index (χ2v) is 5.43. The molecule has 0 radical (unpaired) electrons. The maximum absolute atomic E-state index is 5.36. The van der Waals surface area contributed by atoms with Crippen molar-refractivity contribution in [2.24, 2.45) is 0 Å². The molecule has 0 fully saturated rings. The summed E-state index contributed by atoms with van der Waals surface area (Å²) in [7, 11) is 0. The van der Waals surface area contributed by atoms with E-state index in [0.29, 0.717) is 18.4 Å². The number of nitrogens with one attached hydrogen (secondary N) is 1. The number of hydrogen-bond donors (Lipinski definition) is 1. The van der Waals surface area contributed by atoms with Crippen molar-refractivity contribution in [3.8, 4) is 5.88 Å². The van der Waals surface area contributed by atoms with Gasteiger partial charge in [-0.3, -0.25) is 0 Å². The summed E-state index contributed by atoms with van der Waals surface area (Å²) in [6, 6.07) is 1.88. The van der Waals surface area contributed by atoms with Crippen LogP contribution < -0.4 is 10.1 Å². The summed E-state index contributed by atoms with van der Waals surface area (Å²) >= 11 is 1.70. The molecule has 2 rings (SSSR count). The van der Waals surface area contributed by atoms with Gasteiger partial charge in [0.2, 0.25) is 11.8 Å².